The number of nitrogens with one attached hydrogen (secondary N) is 1. The quantitative estimate of drug-likeness (QED) is 0.842. The summed E-state index contributed by atoms with van der Waals surface area (Å²) in [5.74, 6) is 0. The number of benzene rings is 2. The molecule has 2 aromatic carbocycles. The molecule has 0 aromatic heterocycles. The van der Waals surface area contributed by atoms with Gasteiger partial charge in [0.2, 0.25) is 0 Å². The third kappa shape index (κ3) is 2.40. The van der Waals surface area contributed by atoms with Gasteiger partial charge in [-0.25, -0.2) is 0 Å². The van der Waals surface area contributed by atoms with Crippen molar-refractivity contribution in [3.8, 4) is 0 Å². The second-order valence-corrected chi connectivity index (χ2v) is 4.59. The van der Waals surface area contributed by atoms with Crippen LogP contribution in [0.2, 0.25) is 0 Å². The maximum atomic E-state index is 3.31. The minimum atomic E-state index is 0.0251. The van der Waals surface area contributed by atoms with Crippen molar-refractivity contribution in [1.29, 1.82) is 0 Å². The summed E-state index contributed by atoms with van der Waals surface area (Å²) < 4.78 is 0. The smallest absolute Gasteiger partial charge is 0.0299 e. The molecule has 0 heterocycles. The number of hydrogen-bond donors (Lipinski definition) is 1. The molecule has 0 saturated carbocycles. The summed E-state index contributed by atoms with van der Waals surface area (Å²) in [6.45, 7) is 3.22. The van der Waals surface area contributed by atoms with Crippen molar-refractivity contribution in [2.24, 2.45) is 0 Å². The van der Waals surface area contributed by atoms with Gasteiger partial charge in [-0.15, -0.1) is 0 Å². The van der Waals surface area contributed by atoms with E-state index in [-0.39, 0.29) is 5.41 Å². The first-order valence-corrected chi connectivity index (χ1v) is 6.03. The van der Waals surface area contributed by atoms with Crippen LogP contribution < -0.4 is 5.32 Å². The highest BCUT2D eigenvalue weighted by Crippen LogP contribution is 2.30. The van der Waals surface area contributed by atoms with Crippen LogP contribution in [0, 0.1) is 0 Å². The van der Waals surface area contributed by atoms with Gasteiger partial charge in [0.1, 0.15) is 0 Å². The van der Waals surface area contributed by atoms with Crippen molar-refractivity contribution in [3.63, 3.8) is 0 Å². The van der Waals surface area contributed by atoms with Gasteiger partial charge in [-0.1, -0.05) is 67.6 Å². The zero-order chi connectivity index (χ0) is 12.1. The molecule has 1 N–H and O–H groups in total. The fourth-order valence-electron chi connectivity index (χ4n) is 2.34. The van der Waals surface area contributed by atoms with Gasteiger partial charge in [-0.2, -0.15) is 0 Å². The predicted octanol–water partition coefficient (Wildman–Crippen LogP) is 3.21. The lowest BCUT2D eigenvalue weighted by Gasteiger charge is -2.30. The lowest BCUT2D eigenvalue weighted by molar-refractivity contribution is 0.532. The molecule has 0 aliphatic heterocycles. The Labute approximate surface area is 103 Å². The van der Waals surface area contributed by atoms with Gasteiger partial charge in [0.05, 0.1) is 0 Å². The van der Waals surface area contributed by atoms with Crippen molar-refractivity contribution in [3.05, 3.63) is 71.8 Å². The molecule has 0 saturated heterocycles. The van der Waals surface area contributed by atoms with E-state index < -0.39 is 0 Å². The Kier molecular flexibility index (Phi) is 3.60. The highest BCUT2D eigenvalue weighted by molar-refractivity contribution is 5.38. The first-order valence-electron chi connectivity index (χ1n) is 6.03. The average molecular weight is 225 g/mol. The van der Waals surface area contributed by atoms with E-state index in [0.29, 0.717) is 0 Å². The molecule has 2 rings (SSSR count). The van der Waals surface area contributed by atoms with E-state index in [1.807, 2.05) is 7.05 Å². The molecule has 0 aliphatic carbocycles. The maximum absolute atomic E-state index is 3.31. The molecule has 17 heavy (non-hydrogen) atoms. The molecular formula is C16H19N. The fraction of sp³-hybridized carbons (Fsp3) is 0.250. The van der Waals surface area contributed by atoms with Crippen molar-refractivity contribution in [2.45, 2.75) is 12.3 Å². The third-order valence-corrected chi connectivity index (χ3v) is 3.35. The van der Waals surface area contributed by atoms with E-state index in [9.17, 15) is 0 Å². The summed E-state index contributed by atoms with van der Waals surface area (Å²) >= 11 is 0. The molecule has 0 amide bonds. The van der Waals surface area contributed by atoms with Crippen molar-refractivity contribution < 1.29 is 0 Å². The third-order valence-electron chi connectivity index (χ3n) is 3.35. The second kappa shape index (κ2) is 5.15. The topological polar surface area (TPSA) is 12.0 Å². The van der Waals surface area contributed by atoms with Gasteiger partial charge in [0.15, 0.2) is 0 Å². The molecule has 88 valence electrons. The van der Waals surface area contributed by atoms with E-state index in [4.69, 9.17) is 0 Å². The van der Waals surface area contributed by atoms with Gasteiger partial charge in [0, 0.05) is 12.0 Å². The van der Waals surface area contributed by atoms with E-state index >= 15 is 0 Å². The summed E-state index contributed by atoms with van der Waals surface area (Å²) in [6, 6.07) is 21.3. The highest BCUT2D eigenvalue weighted by Gasteiger charge is 2.27. The molecule has 0 fully saturated rings. The number of hydrogen-bond acceptors (Lipinski definition) is 1. The van der Waals surface area contributed by atoms with Crippen LogP contribution in [0.5, 0.6) is 0 Å². The first-order chi connectivity index (χ1) is 8.27. The van der Waals surface area contributed by atoms with Crippen LogP contribution in [0.1, 0.15) is 18.1 Å². The minimum absolute atomic E-state index is 0.0251. The van der Waals surface area contributed by atoms with Crippen molar-refractivity contribution in [2.75, 3.05) is 13.6 Å². The van der Waals surface area contributed by atoms with E-state index in [1.165, 1.54) is 11.1 Å². The molecule has 0 unspecified atom stereocenters. The SMILES string of the molecule is CNCC(C)(c1ccccc1)c1ccccc1. The predicted molar refractivity (Wildman–Crippen MR) is 73.3 cm³/mol. The van der Waals surface area contributed by atoms with E-state index in [0.717, 1.165) is 6.54 Å². The van der Waals surface area contributed by atoms with Gasteiger partial charge < -0.3 is 5.32 Å². The van der Waals surface area contributed by atoms with Crippen LogP contribution >= 0.6 is 0 Å². The second-order valence-electron chi connectivity index (χ2n) is 4.59. The molecule has 1 nitrogen and oxygen atoms in total. The first kappa shape index (κ1) is 11.9. The average Bonchev–Trinajstić information content (AvgIpc) is 2.41. The Morgan fingerprint density at radius 1 is 0.824 bits per heavy atom. The normalized spacial score (nSPS) is 11.4. The molecule has 0 atom stereocenters. The Balaban J connectivity index is 2.47. The van der Waals surface area contributed by atoms with Crippen molar-refractivity contribution in [1.82, 2.24) is 5.32 Å². The number of rotatable bonds is 4. The summed E-state index contributed by atoms with van der Waals surface area (Å²) in [6.07, 6.45) is 0. The molecule has 0 aliphatic rings. The van der Waals surface area contributed by atoms with Crippen LogP contribution in [-0.2, 0) is 5.41 Å². The Morgan fingerprint density at radius 2 is 1.24 bits per heavy atom. The summed E-state index contributed by atoms with van der Waals surface area (Å²) in [7, 11) is 2.00. The Bertz CT molecular complexity index is 408. The van der Waals surface area contributed by atoms with E-state index in [2.05, 4.69) is 72.9 Å². The highest BCUT2D eigenvalue weighted by atomic mass is 14.8. The summed E-state index contributed by atoms with van der Waals surface area (Å²) in [5.41, 5.74) is 2.72. The molecule has 2 aromatic rings. The Hall–Kier alpha value is -1.60. The molecule has 1 heteroatoms. The van der Waals surface area contributed by atoms with Gasteiger partial charge in [-0.05, 0) is 18.2 Å². The maximum Gasteiger partial charge on any atom is 0.0299 e. The minimum Gasteiger partial charge on any atom is -0.319 e. The van der Waals surface area contributed by atoms with Crippen LogP contribution in [0.4, 0.5) is 0 Å². The number of likely N-dealkylation sites (N-methyl/N-ethyl adjacent to an activating group) is 1. The standard InChI is InChI=1S/C16H19N/c1-16(13-17-2,14-9-5-3-6-10-14)15-11-7-4-8-12-15/h3-12,17H,13H2,1-2H3. The van der Waals surface area contributed by atoms with E-state index in [1.54, 1.807) is 0 Å². The van der Waals surface area contributed by atoms with Gasteiger partial charge in [0.25, 0.3) is 0 Å². The summed E-state index contributed by atoms with van der Waals surface area (Å²) in [4.78, 5) is 0. The fourth-order valence-corrected chi connectivity index (χ4v) is 2.34. The van der Waals surface area contributed by atoms with Crippen LogP contribution in [-0.4, -0.2) is 13.6 Å². The van der Waals surface area contributed by atoms with Crippen LogP contribution in [0.25, 0.3) is 0 Å². The molecule has 0 spiro atoms. The zero-order valence-electron chi connectivity index (χ0n) is 10.5. The van der Waals surface area contributed by atoms with Crippen LogP contribution in [0.15, 0.2) is 60.7 Å². The van der Waals surface area contributed by atoms with Crippen LogP contribution in [0.3, 0.4) is 0 Å². The molecule has 0 radical (unpaired) electrons. The largest absolute Gasteiger partial charge is 0.319 e. The lowest BCUT2D eigenvalue weighted by atomic mass is 9.76. The monoisotopic (exact) mass is 225 g/mol. The van der Waals surface area contributed by atoms with Gasteiger partial charge >= 0.3 is 0 Å². The molecular weight excluding hydrogens is 206 g/mol. The molecule has 0 bridgehead atoms. The zero-order valence-corrected chi connectivity index (χ0v) is 10.5. The lowest BCUT2D eigenvalue weighted by Crippen LogP contribution is -2.34. The van der Waals surface area contributed by atoms with Gasteiger partial charge in [-0.3, -0.25) is 0 Å². The Morgan fingerprint density at radius 3 is 1.59 bits per heavy atom. The van der Waals surface area contributed by atoms with Crippen molar-refractivity contribution >= 4 is 0 Å². The summed E-state index contributed by atoms with van der Waals surface area (Å²) in [5, 5.41) is 3.31.